The van der Waals surface area contributed by atoms with Crippen molar-refractivity contribution < 1.29 is 0 Å². The van der Waals surface area contributed by atoms with Gasteiger partial charge in [-0.25, -0.2) is 0 Å². The normalized spacial score (nSPS) is 19.1. The van der Waals surface area contributed by atoms with E-state index in [1.54, 1.807) is 0 Å². The van der Waals surface area contributed by atoms with Crippen LogP contribution in [-0.2, 0) is 6.42 Å². The lowest BCUT2D eigenvalue weighted by atomic mass is 10.0. The summed E-state index contributed by atoms with van der Waals surface area (Å²) in [6.07, 6.45) is 5.09. The minimum atomic E-state index is 0.747. The summed E-state index contributed by atoms with van der Waals surface area (Å²) in [6.45, 7) is 9.52. The molecule has 1 aromatic carbocycles. The molecule has 1 aliphatic rings. The molecule has 1 saturated heterocycles. The topological polar surface area (TPSA) is 15.3 Å². The molecule has 1 aliphatic heterocycles. The lowest BCUT2D eigenvalue weighted by Gasteiger charge is -2.33. The second-order valence-electron chi connectivity index (χ2n) is 6.27. The second-order valence-corrected chi connectivity index (χ2v) is 6.27. The van der Waals surface area contributed by atoms with E-state index >= 15 is 0 Å². The van der Waals surface area contributed by atoms with Crippen molar-refractivity contribution in [3.05, 3.63) is 35.9 Å². The fraction of sp³-hybridized carbons (Fsp3) is 0.667. The molecule has 2 nitrogen and oxygen atoms in total. The van der Waals surface area contributed by atoms with Crippen LogP contribution in [0, 0.1) is 5.92 Å². The van der Waals surface area contributed by atoms with Crippen LogP contribution in [0.5, 0.6) is 0 Å². The quantitative estimate of drug-likeness (QED) is 0.820. The Morgan fingerprint density at radius 3 is 2.55 bits per heavy atom. The van der Waals surface area contributed by atoms with Crippen molar-refractivity contribution in [2.75, 3.05) is 26.2 Å². The van der Waals surface area contributed by atoms with E-state index in [1.165, 1.54) is 57.4 Å². The maximum atomic E-state index is 3.74. The first-order valence-electron chi connectivity index (χ1n) is 8.27. The first-order valence-corrected chi connectivity index (χ1v) is 8.27. The van der Waals surface area contributed by atoms with Crippen LogP contribution in [0.4, 0.5) is 0 Å². The second kappa shape index (κ2) is 8.43. The van der Waals surface area contributed by atoms with Gasteiger partial charge in [-0.1, -0.05) is 50.6 Å². The highest BCUT2D eigenvalue weighted by Gasteiger charge is 2.18. The van der Waals surface area contributed by atoms with Crippen LogP contribution in [0.3, 0.4) is 0 Å². The Morgan fingerprint density at radius 1 is 1.20 bits per heavy atom. The van der Waals surface area contributed by atoms with Crippen LogP contribution in [0.2, 0.25) is 0 Å². The molecule has 20 heavy (non-hydrogen) atoms. The van der Waals surface area contributed by atoms with Gasteiger partial charge in [0.15, 0.2) is 0 Å². The Morgan fingerprint density at radius 2 is 1.90 bits per heavy atom. The molecule has 0 bridgehead atoms. The monoisotopic (exact) mass is 274 g/mol. The molecule has 2 rings (SSSR count). The van der Waals surface area contributed by atoms with Crippen LogP contribution in [0.15, 0.2) is 30.3 Å². The van der Waals surface area contributed by atoms with E-state index in [0.29, 0.717) is 0 Å². The lowest BCUT2D eigenvalue weighted by molar-refractivity contribution is 0.197. The summed E-state index contributed by atoms with van der Waals surface area (Å²) in [4.78, 5) is 2.62. The minimum absolute atomic E-state index is 0.747. The molecule has 0 spiro atoms. The minimum Gasteiger partial charge on any atom is -0.314 e. The molecule has 112 valence electrons. The fourth-order valence-corrected chi connectivity index (χ4v) is 2.80. The summed E-state index contributed by atoms with van der Waals surface area (Å²) in [5.41, 5.74) is 1.46. The number of hydrogen-bond acceptors (Lipinski definition) is 2. The molecule has 0 aromatic heterocycles. The zero-order valence-corrected chi connectivity index (χ0v) is 13.1. The largest absolute Gasteiger partial charge is 0.314 e. The predicted molar refractivity (Wildman–Crippen MR) is 87.1 cm³/mol. The van der Waals surface area contributed by atoms with Crippen molar-refractivity contribution in [2.24, 2.45) is 5.92 Å². The van der Waals surface area contributed by atoms with Gasteiger partial charge in [-0.2, -0.15) is 0 Å². The highest BCUT2D eigenvalue weighted by Crippen LogP contribution is 2.12. The Kier molecular flexibility index (Phi) is 6.55. The van der Waals surface area contributed by atoms with Gasteiger partial charge in [0.05, 0.1) is 0 Å². The molecule has 1 N–H and O–H groups in total. The summed E-state index contributed by atoms with van der Waals surface area (Å²) in [5, 5.41) is 3.74. The van der Waals surface area contributed by atoms with E-state index in [2.05, 4.69) is 54.4 Å². The first-order chi connectivity index (χ1) is 9.78. The molecule has 0 aliphatic carbocycles. The molecule has 0 saturated carbocycles. The predicted octanol–water partition coefficient (Wildman–Crippen LogP) is 3.33. The number of piperidine rings is 1. The van der Waals surface area contributed by atoms with Crippen molar-refractivity contribution in [1.29, 1.82) is 0 Å². The molecular weight excluding hydrogens is 244 g/mol. The maximum Gasteiger partial charge on any atom is 0.00915 e. The molecule has 0 radical (unpaired) electrons. The Hall–Kier alpha value is -0.860. The Bertz CT molecular complexity index is 355. The van der Waals surface area contributed by atoms with Gasteiger partial charge < -0.3 is 10.2 Å². The van der Waals surface area contributed by atoms with Crippen LogP contribution < -0.4 is 5.32 Å². The summed E-state index contributed by atoms with van der Waals surface area (Å²) in [5.74, 6) is 0.811. The van der Waals surface area contributed by atoms with Gasteiger partial charge in [0.2, 0.25) is 0 Å². The summed E-state index contributed by atoms with van der Waals surface area (Å²) < 4.78 is 0. The summed E-state index contributed by atoms with van der Waals surface area (Å²) in [6, 6.07) is 11.6. The smallest absolute Gasteiger partial charge is 0.00915 e. The standard InChI is InChI=1S/C18H30N2/c1-3-16(2)15-19-18-10-13-20(14-11-18)12-9-17-7-5-4-6-8-17/h4-8,16,18-19H,3,9-15H2,1-2H3. The molecule has 1 heterocycles. The lowest BCUT2D eigenvalue weighted by Crippen LogP contribution is -2.44. The van der Waals surface area contributed by atoms with Gasteiger partial charge in [0.25, 0.3) is 0 Å². The molecule has 1 fully saturated rings. The number of nitrogens with zero attached hydrogens (tertiary/aromatic N) is 1. The zero-order chi connectivity index (χ0) is 14.2. The van der Waals surface area contributed by atoms with E-state index in [0.717, 1.165) is 12.0 Å². The van der Waals surface area contributed by atoms with Gasteiger partial charge in [0.1, 0.15) is 0 Å². The SMILES string of the molecule is CCC(C)CNC1CCN(CCc2ccccc2)CC1. The average Bonchev–Trinajstić information content (AvgIpc) is 2.52. The molecule has 0 amide bonds. The van der Waals surface area contributed by atoms with E-state index in [9.17, 15) is 0 Å². The molecule has 2 heteroatoms. The molecule has 1 atom stereocenters. The summed E-state index contributed by atoms with van der Waals surface area (Å²) >= 11 is 0. The van der Waals surface area contributed by atoms with E-state index in [4.69, 9.17) is 0 Å². The van der Waals surface area contributed by atoms with Crippen LogP contribution in [-0.4, -0.2) is 37.1 Å². The third kappa shape index (κ3) is 5.26. The van der Waals surface area contributed by atoms with E-state index in [-0.39, 0.29) is 0 Å². The van der Waals surface area contributed by atoms with Gasteiger partial charge in [0, 0.05) is 12.6 Å². The van der Waals surface area contributed by atoms with Crippen molar-refractivity contribution in [3.8, 4) is 0 Å². The van der Waals surface area contributed by atoms with E-state index < -0.39 is 0 Å². The number of benzene rings is 1. The highest BCUT2D eigenvalue weighted by atomic mass is 15.1. The third-order valence-corrected chi connectivity index (χ3v) is 4.60. The Labute approximate surface area is 124 Å². The molecular formula is C18H30N2. The molecule has 1 unspecified atom stereocenters. The van der Waals surface area contributed by atoms with Gasteiger partial charge in [-0.3, -0.25) is 0 Å². The number of nitrogens with one attached hydrogen (secondary N) is 1. The maximum absolute atomic E-state index is 3.74. The van der Waals surface area contributed by atoms with Crippen molar-refractivity contribution in [3.63, 3.8) is 0 Å². The van der Waals surface area contributed by atoms with Gasteiger partial charge in [-0.15, -0.1) is 0 Å². The van der Waals surface area contributed by atoms with Crippen molar-refractivity contribution >= 4 is 0 Å². The fourth-order valence-electron chi connectivity index (χ4n) is 2.80. The summed E-state index contributed by atoms with van der Waals surface area (Å²) in [7, 11) is 0. The van der Waals surface area contributed by atoms with Crippen LogP contribution >= 0.6 is 0 Å². The zero-order valence-electron chi connectivity index (χ0n) is 13.1. The third-order valence-electron chi connectivity index (χ3n) is 4.60. The van der Waals surface area contributed by atoms with E-state index in [1.807, 2.05) is 0 Å². The van der Waals surface area contributed by atoms with Gasteiger partial charge >= 0.3 is 0 Å². The number of hydrogen-bond donors (Lipinski definition) is 1. The van der Waals surface area contributed by atoms with Crippen LogP contribution in [0.25, 0.3) is 0 Å². The van der Waals surface area contributed by atoms with Crippen molar-refractivity contribution in [2.45, 2.75) is 45.6 Å². The van der Waals surface area contributed by atoms with Crippen LogP contribution in [0.1, 0.15) is 38.7 Å². The highest BCUT2D eigenvalue weighted by molar-refractivity contribution is 5.14. The average molecular weight is 274 g/mol. The van der Waals surface area contributed by atoms with Crippen molar-refractivity contribution in [1.82, 2.24) is 10.2 Å². The number of likely N-dealkylation sites (tertiary alicyclic amines) is 1. The van der Waals surface area contributed by atoms with Gasteiger partial charge in [-0.05, 0) is 50.4 Å². The first kappa shape index (κ1) is 15.5. The Balaban J connectivity index is 1.62. The number of rotatable bonds is 7. The molecule has 1 aromatic rings.